The van der Waals surface area contributed by atoms with Crippen LogP contribution in [0.5, 0.6) is 0 Å². The maximum atomic E-state index is 11.6. The number of carboxylic acids is 1. The predicted octanol–water partition coefficient (Wildman–Crippen LogP) is 0.624. The number of nitrogens with zero attached hydrogens (tertiary/aromatic N) is 1. The molecule has 0 unspecified atom stereocenters. The zero-order chi connectivity index (χ0) is 13.8. The maximum Gasteiger partial charge on any atom is 0.324 e. The van der Waals surface area contributed by atoms with Gasteiger partial charge in [-0.3, -0.25) is 14.9 Å². The number of carboxylic acid groups (broad SMARTS) is 1. The highest BCUT2D eigenvalue weighted by Crippen LogP contribution is 2.13. The number of rotatable bonds is 5. The zero-order valence-electron chi connectivity index (χ0n) is 10.2. The molecule has 1 heterocycles. The van der Waals surface area contributed by atoms with Gasteiger partial charge in [-0.15, -0.1) is 0 Å². The van der Waals surface area contributed by atoms with Crippen molar-refractivity contribution in [3.63, 3.8) is 0 Å². The Morgan fingerprint density at radius 3 is 2.58 bits per heavy atom. The zero-order valence-corrected chi connectivity index (χ0v) is 10.2. The second-order valence-electron chi connectivity index (χ2n) is 4.34. The molecular weight excluding hydrogens is 248 g/mol. The summed E-state index contributed by atoms with van der Waals surface area (Å²) in [4.78, 5) is 35.1. The average Bonchev–Trinajstić information content (AvgIpc) is 2.63. The number of hydrogen-bond donors (Lipinski definition) is 2. The number of imide groups is 1. The van der Waals surface area contributed by atoms with Gasteiger partial charge in [-0.2, -0.15) is 0 Å². The largest absolute Gasteiger partial charge is 0.481 e. The third kappa shape index (κ3) is 3.09. The fourth-order valence-electron chi connectivity index (χ4n) is 2.06. The van der Waals surface area contributed by atoms with Crippen LogP contribution in [0.1, 0.15) is 12.0 Å². The van der Waals surface area contributed by atoms with Crippen LogP contribution in [0.15, 0.2) is 30.3 Å². The number of aliphatic carboxylic acids is 1. The Labute approximate surface area is 110 Å². The summed E-state index contributed by atoms with van der Waals surface area (Å²) in [6, 6.07) is 8.08. The normalized spacial score (nSPS) is 18.5. The number of carbonyl (C=O) groups is 3. The minimum Gasteiger partial charge on any atom is -0.481 e. The molecule has 0 spiro atoms. The van der Waals surface area contributed by atoms with Crippen LogP contribution >= 0.6 is 0 Å². The molecule has 0 radical (unpaired) electrons. The maximum absolute atomic E-state index is 11.6. The minimum atomic E-state index is -1.10. The fourth-order valence-corrected chi connectivity index (χ4v) is 2.06. The van der Waals surface area contributed by atoms with Crippen molar-refractivity contribution in [2.45, 2.75) is 18.9 Å². The van der Waals surface area contributed by atoms with Gasteiger partial charge in [-0.25, -0.2) is 4.79 Å². The quantitative estimate of drug-likeness (QED) is 0.762. The highest BCUT2D eigenvalue weighted by atomic mass is 16.4. The Morgan fingerprint density at radius 2 is 1.95 bits per heavy atom. The third-order valence-corrected chi connectivity index (χ3v) is 3.02. The van der Waals surface area contributed by atoms with Gasteiger partial charge in [0.05, 0.1) is 6.42 Å². The molecule has 1 fully saturated rings. The van der Waals surface area contributed by atoms with Crippen molar-refractivity contribution < 1.29 is 19.5 Å². The average molecular weight is 262 g/mol. The topological polar surface area (TPSA) is 86.7 Å². The summed E-state index contributed by atoms with van der Waals surface area (Å²) in [5, 5.41) is 10.9. The number of urea groups is 1. The Bertz CT molecular complexity index is 501. The molecule has 0 bridgehead atoms. The molecule has 0 aromatic heterocycles. The molecule has 6 nitrogen and oxygen atoms in total. The van der Waals surface area contributed by atoms with E-state index in [-0.39, 0.29) is 6.42 Å². The lowest BCUT2D eigenvalue weighted by Crippen LogP contribution is -2.38. The van der Waals surface area contributed by atoms with E-state index in [2.05, 4.69) is 5.32 Å². The van der Waals surface area contributed by atoms with Crippen molar-refractivity contribution in [2.24, 2.45) is 0 Å². The van der Waals surface area contributed by atoms with E-state index in [0.717, 1.165) is 5.56 Å². The first kappa shape index (κ1) is 13.1. The molecular formula is C13H14N2O4. The molecule has 100 valence electrons. The van der Waals surface area contributed by atoms with Crippen LogP contribution in [-0.2, 0) is 16.0 Å². The second kappa shape index (κ2) is 5.51. The molecule has 1 aliphatic rings. The van der Waals surface area contributed by atoms with Gasteiger partial charge in [0.15, 0.2) is 0 Å². The van der Waals surface area contributed by atoms with Gasteiger partial charge in [0.2, 0.25) is 0 Å². The summed E-state index contributed by atoms with van der Waals surface area (Å²) in [5.41, 5.74) is 1.03. The molecule has 1 saturated heterocycles. The predicted molar refractivity (Wildman–Crippen MR) is 66.4 cm³/mol. The SMILES string of the molecule is O=C(O)C[C@@H]1C(=O)NC(=O)N1CCc1ccccc1. The molecule has 1 aliphatic heterocycles. The second-order valence-corrected chi connectivity index (χ2v) is 4.34. The molecule has 19 heavy (non-hydrogen) atoms. The van der Waals surface area contributed by atoms with E-state index < -0.39 is 23.9 Å². The minimum absolute atomic E-state index is 0.319. The molecule has 1 aromatic rings. The Morgan fingerprint density at radius 1 is 1.26 bits per heavy atom. The molecule has 3 amide bonds. The van der Waals surface area contributed by atoms with Crippen molar-refractivity contribution in [1.29, 1.82) is 0 Å². The number of benzene rings is 1. The number of nitrogens with one attached hydrogen (secondary N) is 1. The molecule has 2 rings (SSSR count). The van der Waals surface area contributed by atoms with Crippen LogP contribution in [0, 0.1) is 0 Å². The first-order chi connectivity index (χ1) is 9.08. The standard InChI is InChI=1S/C13H14N2O4/c16-11(17)8-10-12(18)14-13(19)15(10)7-6-9-4-2-1-3-5-9/h1-5,10H,6-8H2,(H,16,17)(H,14,18,19)/t10-/m1/s1. The van der Waals surface area contributed by atoms with Crippen molar-refractivity contribution >= 4 is 17.9 Å². The highest BCUT2D eigenvalue weighted by Gasteiger charge is 2.39. The Balaban J connectivity index is 2.02. The van der Waals surface area contributed by atoms with E-state index >= 15 is 0 Å². The molecule has 1 aromatic carbocycles. The van der Waals surface area contributed by atoms with Gasteiger partial charge in [-0.1, -0.05) is 30.3 Å². The van der Waals surface area contributed by atoms with Crippen LogP contribution in [0.3, 0.4) is 0 Å². The highest BCUT2D eigenvalue weighted by molar-refractivity contribution is 6.05. The van der Waals surface area contributed by atoms with Crippen LogP contribution in [-0.4, -0.2) is 40.5 Å². The summed E-state index contributed by atoms with van der Waals surface area (Å²) < 4.78 is 0. The van der Waals surface area contributed by atoms with Crippen LogP contribution < -0.4 is 5.32 Å². The third-order valence-electron chi connectivity index (χ3n) is 3.02. The lowest BCUT2D eigenvalue weighted by molar-refractivity contribution is -0.140. The van der Waals surface area contributed by atoms with Gasteiger partial charge < -0.3 is 10.0 Å². The molecule has 0 saturated carbocycles. The lowest BCUT2D eigenvalue weighted by Gasteiger charge is -2.20. The number of carbonyl (C=O) groups excluding carboxylic acids is 2. The van der Waals surface area contributed by atoms with Gasteiger partial charge in [0.25, 0.3) is 5.91 Å². The van der Waals surface area contributed by atoms with E-state index in [9.17, 15) is 14.4 Å². The van der Waals surface area contributed by atoms with Crippen LogP contribution in [0.4, 0.5) is 4.79 Å². The van der Waals surface area contributed by atoms with Crippen LogP contribution in [0.2, 0.25) is 0 Å². The molecule has 2 N–H and O–H groups in total. The smallest absolute Gasteiger partial charge is 0.324 e. The van der Waals surface area contributed by atoms with Crippen molar-refractivity contribution in [1.82, 2.24) is 10.2 Å². The van der Waals surface area contributed by atoms with E-state index in [1.54, 1.807) is 0 Å². The Hall–Kier alpha value is -2.37. The van der Waals surface area contributed by atoms with Crippen molar-refractivity contribution in [3.8, 4) is 0 Å². The van der Waals surface area contributed by atoms with E-state index in [1.165, 1.54) is 4.90 Å². The van der Waals surface area contributed by atoms with E-state index in [0.29, 0.717) is 13.0 Å². The first-order valence-electron chi connectivity index (χ1n) is 5.95. The summed E-state index contributed by atoms with van der Waals surface area (Å²) in [7, 11) is 0. The molecule has 6 heteroatoms. The lowest BCUT2D eigenvalue weighted by atomic mass is 10.1. The van der Waals surface area contributed by atoms with Gasteiger partial charge in [-0.05, 0) is 12.0 Å². The summed E-state index contributed by atoms with van der Waals surface area (Å²) in [6.07, 6.45) is 0.212. The molecule has 1 atom stereocenters. The van der Waals surface area contributed by atoms with Gasteiger partial charge in [0, 0.05) is 6.54 Å². The molecule has 0 aliphatic carbocycles. The van der Waals surface area contributed by atoms with Crippen molar-refractivity contribution in [3.05, 3.63) is 35.9 Å². The van der Waals surface area contributed by atoms with Crippen molar-refractivity contribution in [2.75, 3.05) is 6.54 Å². The van der Waals surface area contributed by atoms with Gasteiger partial charge >= 0.3 is 12.0 Å². The van der Waals surface area contributed by atoms with E-state index in [4.69, 9.17) is 5.11 Å². The monoisotopic (exact) mass is 262 g/mol. The van der Waals surface area contributed by atoms with Crippen LogP contribution in [0.25, 0.3) is 0 Å². The first-order valence-corrected chi connectivity index (χ1v) is 5.95. The van der Waals surface area contributed by atoms with Gasteiger partial charge in [0.1, 0.15) is 6.04 Å². The summed E-state index contributed by atoms with van der Waals surface area (Å²) in [6.45, 7) is 0.319. The Kier molecular flexibility index (Phi) is 3.79. The summed E-state index contributed by atoms with van der Waals surface area (Å²) >= 11 is 0. The number of amides is 3. The number of hydrogen-bond acceptors (Lipinski definition) is 3. The van der Waals surface area contributed by atoms with E-state index in [1.807, 2.05) is 30.3 Å². The fraction of sp³-hybridized carbons (Fsp3) is 0.308. The summed E-state index contributed by atoms with van der Waals surface area (Å²) in [5.74, 6) is -1.64.